The molecule has 3 rings (SSSR count). The molecule has 0 bridgehead atoms. The van der Waals surface area contributed by atoms with Crippen molar-refractivity contribution in [2.45, 2.75) is 103 Å². The Kier molecular flexibility index (Phi) is 9.56. The molecule has 1 aliphatic carbocycles. The first-order valence-corrected chi connectivity index (χ1v) is 12.8. The van der Waals surface area contributed by atoms with Gasteiger partial charge in [0.25, 0.3) is 0 Å². The Hall–Kier alpha value is -1.90. The summed E-state index contributed by atoms with van der Waals surface area (Å²) in [4.78, 5) is 0. The predicted molar refractivity (Wildman–Crippen MR) is 130 cm³/mol. The maximum atomic E-state index is 14.7. The molecule has 1 saturated carbocycles. The van der Waals surface area contributed by atoms with Crippen LogP contribution in [0, 0.1) is 17.6 Å². The second kappa shape index (κ2) is 12.4. The molecule has 2 aromatic rings. The third-order valence-corrected chi connectivity index (χ3v) is 7.04. The largest absolute Gasteiger partial charge is 0.485 e. The highest BCUT2D eigenvalue weighted by Gasteiger charge is 2.22. The number of benzene rings is 2. The number of rotatable bonds is 11. The quantitative estimate of drug-likeness (QED) is 0.315. The van der Waals surface area contributed by atoms with Gasteiger partial charge in [-0.25, -0.2) is 8.78 Å². The Morgan fingerprint density at radius 1 is 0.844 bits per heavy atom. The van der Waals surface area contributed by atoms with Crippen molar-refractivity contribution in [2.75, 3.05) is 0 Å². The van der Waals surface area contributed by atoms with Gasteiger partial charge in [-0.3, -0.25) is 0 Å². The molecule has 0 unspecified atom stereocenters. The van der Waals surface area contributed by atoms with Crippen LogP contribution in [0.3, 0.4) is 0 Å². The maximum absolute atomic E-state index is 14.7. The smallest absolute Gasteiger partial charge is 0.191 e. The molecule has 0 aliphatic heterocycles. The second-order valence-electron chi connectivity index (χ2n) is 9.68. The average molecular weight is 443 g/mol. The Morgan fingerprint density at radius 3 is 2.09 bits per heavy atom. The van der Waals surface area contributed by atoms with Crippen molar-refractivity contribution < 1.29 is 13.5 Å². The van der Waals surface area contributed by atoms with E-state index in [4.69, 9.17) is 4.74 Å². The Bertz CT molecular complexity index is 799. The molecule has 0 spiro atoms. The molecule has 1 fully saturated rings. The van der Waals surface area contributed by atoms with Gasteiger partial charge in [0.15, 0.2) is 17.4 Å². The lowest BCUT2D eigenvalue weighted by Crippen LogP contribution is -2.13. The number of unbranched alkanes of at least 4 members (excludes halogenated alkanes) is 3. The molecule has 0 radical (unpaired) electrons. The molecule has 1 aliphatic rings. The monoisotopic (exact) mass is 442 g/mol. The van der Waals surface area contributed by atoms with E-state index in [-0.39, 0.29) is 11.9 Å². The number of hydrogen-bond acceptors (Lipinski definition) is 1. The van der Waals surface area contributed by atoms with E-state index in [9.17, 15) is 8.78 Å². The molecule has 2 aromatic carbocycles. The predicted octanol–water partition coefficient (Wildman–Crippen LogP) is 9.44. The van der Waals surface area contributed by atoms with E-state index < -0.39 is 11.6 Å². The molecule has 1 nitrogen and oxygen atoms in total. The van der Waals surface area contributed by atoms with E-state index in [1.807, 2.05) is 19.1 Å². The minimum atomic E-state index is -0.626. The molecule has 176 valence electrons. The van der Waals surface area contributed by atoms with Crippen molar-refractivity contribution in [1.82, 2.24) is 0 Å². The SMILES string of the molecule is CCCCCC[C@H](C)Oc1c(F)cc(-c2ccc(C3CCC(CCC)CC3)cc2)cc1F. The van der Waals surface area contributed by atoms with Gasteiger partial charge in [0, 0.05) is 0 Å². The van der Waals surface area contributed by atoms with E-state index in [1.165, 1.54) is 69.1 Å². The van der Waals surface area contributed by atoms with Gasteiger partial charge >= 0.3 is 0 Å². The molecule has 0 N–H and O–H groups in total. The normalized spacial score (nSPS) is 19.7. The van der Waals surface area contributed by atoms with Gasteiger partial charge in [-0.1, -0.05) is 70.2 Å². The van der Waals surface area contributed by atoms with Crippen LogP contribution in [0.25, 0.3) is 11.1 Å². The van der Waals surface area contributed by atoms with Crippen LogP contribution in [0.15, 0.2) is 36.4 Å². The van der Waals surface area contributed by atoms with Crippen LogP contribution < -0.4 is 4.74 Å². The summed E-state index contributed by atoms with van der Waals surface area (Å²) < 4.78 is 35.0. The topological polar surface area (TPSA) is 9.23 Å². The zero-order valence-corrected chi connectivity index (χ0v) is 20.1. The molecule has 32 heavy (non-hydrogen) atoms. The van der Waals surface area contributed by atoms with Gasteiger partial charge in [-0.2, -0.15) is 0 Å². The van der Waals surface area contributed by atoms with Crippen LogP contribution in [0.1, 0.15) is 103 Å². The molecule has 0 saturated heterocycles. The summed E-state index contributed by atoms with van der Waals surface area (Å²) in [5.74, 6) is -0.00357. The number of halogens is 2. The van der Waals surface area contributed by atoms with Crippen LogP contribution in [0.5, 0.6) is 5.75 Å². The van der Waals surface area contributed by atoms with Gasteiger partial charge in [-0.05, 0) is 86.1 Å². The average Bonchev–Trinajstić information content (AvgIpc) is 2.80. The van der Waals surface area contributed by atoms with Crippen molar-refractivity contribution in [3.8, 4) is 16.9 Å². The van der Waals surface area contributed by atoms with Crippen molar-refractivity contribution in [3.05, 3.63) is 53.6 Å². The molecule has 1 atom stereocenters. The van der Waals surface area contributed by atoms with Crippen LogP contribution in [0.4, 0.5) is 8.78 Å². The third-order valence-electron chi connectivity index (χ3n) is 7.04. The van der Waals surface area contributed by atoms with Crippen LogP contribution in [-0.4, -0.2) is 6.10 Å². The van der Waals surface area contributed by atoms with Crippen molar-refractivity contribution in [2.24, 2.45) is 5.92 Å². The van der Waals surface area contributed by atoms with Crippen molar-refractivity contribution in [1.29, 1.82) is 0 Å². The highest BCUT2D eigenvalue weighted by atomic mass is 19.1. The standard InChI is InChI=1S/C29H40F2O/c1-4-6-7-8-10-21(3)32-29-27(30)19-26(20-28(29)31)25-17-15-24(16-18-25)23-13-11-22(9-5-2)12-14-23/h15-23H,4-14H2,1-3H3/t21-,22?,23?/m0/s1. The summed E-state index contributed by atoms with van der Waals surface area (Å²) in [7, 11) is 0. The van der Waals surface area contributed by atoms with Gasteiger partial charge in [0.1, 0.15) is 0 Å². The van der Waals surface area contributed by atoms with Gasteiger partial charge < -0.3 is 4.74 Å². The highest BCUT2D eigenvalue weighted by molar-refractivity contribution is 5.65. The summed E-state index contributed by atoms with van der Waals surface area (Å²) in [5.41, 5.74) is 2.74. The summed E-state index contributed by atoms with van der Waals surface area (Å²) >= 11 is 0. The first-order chi connectivity index (χ1) is 15.5. The molecule has 0 amide bonds. The first kappa shape index (κ1) is 24.7. The highest BCUT2D eigenvalue weighted by Crippen LogP contribution is 2.38. The minimum Gasteiger partial charge on any atom is -0.485 e. The van der Waals surface area contributed by atoms with E-state index in [0.29, 0.717) is 11.5 Å². The van der Waals surface area contributed by atoms with Crippen molar-refractivity contribution in [3.63, 3.8) is 0 Å². The van der Waals surface area contributed by atoms with E-state index in [0.717, 1.165) is 30.7 Å². The summed E-state index contributed by atoms with van der Waals surface area (Å²) in [6.07, 6.45) is 12.8. The summed E-state index contributed by atoms with van der Waals surface area (Å²) in [6.45, 7) is 6.32. The first-order valence-electron chi connectivity index (χ1n) is 12.8. The van der Waals surface area contributed by atoms with Crippen LogP contribution >= 0.6 is 0 Å². The summed E-state index contributed by atoms with van der Waals surface area (Å²) in [5, 5.41) is 0. The zero-order chi connectivity index (χ0) is 22.9. The molecule has 3 heteroatoms. The second-order valence-corrected chi connectivity index (χ2v) is 9.68. The molecule has 0 aromatic heterocycles. The number of ether oxygens (including phenoxy) is 1. The Morgan fingerprint density at radius 2 is 1.50 bits per heavy atom. The molecule has 0 heterocycles. The third kappa shape index (κ3) is 6.80. The Labute approximate surface area is 193 Å². The minimum absolute atomic E-state index is 0.201. The summed E-state index contributed by atoms with van der Waals surface area (Å²) in [6, 6.07) is 11.1. The van der Waals surface area contributed by atoms with E-state index >= 15 is 0 Å². The van der Waals surface area contributed by atoms with Gasteiger partial charge in [-0.15, -0.1) is 0 Å². The van der Waals surface area contributed by atoms with Crippen molar-refractivity contribution >= 4 is 0 Å². The lowest BCUT2D eigenvalue weighted by molar-refractivity contribution is 0.188. The van der Waals surface area contributed by atoms with E-state index in [2.05, 4.69) is 26.0 Å². The number of hydrogen-bond donors (Lipinski definition) is 0. The Balaban J connectivity index is 1.62. The van der Waals surface area contributed by atoms with Gasteiger partial charge in [0.05, 0.1) is 6.10 Å². The van der Waals surface area contributed by atoms with Crippen LogP contribution in [0.2, 0.25) is 0 Å². The van der Waals surface area contributed by atoms with Crippen LogP contribution in [-0.2, 0) is 0 Å². The zero-order valence-electron chi connectivity index (χ0n) is 20.1. The maximum Gasteiger partial charge on any atom is 0.191 e. The van der Waals surface area contributed by atoms with Gasteiger partial charge in [0.2, 0.25) is 0 Å². The fraction of sp³-hybridized carbons (Fsp3) is 0.586. The molecular weight excluding hydrogens is 402 g/mol. The lowest BCUT2D eigenvalue weighted by Gasteiger charge is -2.28. The van der Waals surface area contributed by atoms with E-state index in [1.54, 1.807) is 0 Å². The molecular formula is C29H40F2O. The lowest BCUT2D eigenvalue weighted by atomic mass is 9.77. The fourth-order valence-electron chi connectivity index (χ4n) is 5.10. The fourth-order valence-corrected chi connectivity index (χ4v) is 5.10.